The molecule has 19 heavy (non-hydrogen) atoms. The number of urea groups is 1. The van der Waals surface area contributed by atoms with Crippen molar-refractivity contribution in [1.29, 1.82) is 0 Å². The average molecular weight is 268 g/mol. The zero-order valence-corrected chi connectivity index (χ0v) is 11.8. The van der Waals surface area contributed by atoms with Crippen LogP contribution in [0.3, 0.4) is 0 Å². The highest BCUT2D eigenvalue weighted by Crippen LogP contribution is 2.35. The Morgan fingerprint density at radius 1 is 1.26 bits per heavy atom. The van der Waals surface area contributed by atoms with Crippen LogP contribution in [-0.2, 0) is 4.79 Å². The maximum Gasteiger partial charge on any atom is 0.326 e. The summed E-state index contributed by atoms with van der Waals surface area (Å²) < 4.78 is 0. The van der Waals surface area contributed by atoms with E-state index in [1.807, 2.05) is 0 Å². The van der Waals surface area contributed by atoms with Crippen LogP contribution in [0.15, 0.2) is 0 Å². The molecular formula is C14H24N2O3. The van der Waals surface area contributed by atoms with Gasteiger partial charge in [-0.3, -0.25) is 0 Å². The summed E-state index contributed by atoms with van der Waals surface area (Å²) in [6.07, 6.45) is 5.64. The van der Waals surface area contributed by atoms with Crippen LogP contribution in [0.25, 0.3) is 0 Å². The van der Waals surface area contributed by atoms with Gasteiger partial charge in [-0.15, -0.1) is 0 Å². The molecule has 0 spiro atoms. The molecule has 1 saturated carbocycles. The lowest BCUT2D eigenvalue weighted by Crippen LogP contribution is -2.50. The molecule has 108 valence electrons. The Kier molecular flexibility index (Phi) is 4.02. The molecule has 0 aromatic carbocycles. The topological polar surface area (TPSA) is 69.6 Å². The number of carbonyl (C=O) groups excluding carboxylic acids is 1. The minimum absolute atomic E-state index is 0.186. The van der Waals surface area contributed by atoms with E-state index in [0.29, 0.717) is 13.0 Å². The van der Waals surface area contributed by atoms with Gasteiger partial charge in [0.05, 0.1) is 0 Å². The molecule has 2 atom stereocenters. The van der Waals surface area contributed by atoms with Crippen LogP contribution in [0.4, 0.5) is 4.79 Å². The third-order valence-electron chi connectivity index (χ3n) is 4.33. The molecule has 0 aromatic heterocycles. The first-order valence-corrected chi connectivity index (χ1v) is 7.19. The number of carboxylic acid groups (broad SMARTS) is 1. The normalized spacial score (nSPS) is 30.1. The van der Waals surface area contributed by atoms with E-state index in [4.69, 9.17) is 5.11 Å². The predicted molar refractivity (Wildman–Crippen MR) is 71.9 cm³/mol. The summed E-state index contributed by atoms with van der Waals surface area (Å²) >= 11 is 0. The molecular weight excluding hydrogens is 244 g/mol. The lowest BCUT2D eigenvalue weighted by atomic mass is 9.75. The zero-order chi connectivity index (χ0) is 14.0. The number of rotatable bonds is 2. The van der Waals surface area contributed by atoms with E-state index in [1.54, 1.807) is 0 Å². The second-order valence-corrected chi connectivity index (χ2v) is 6.60. The van der Waals surface area contributed by atoms with Crippen LogP contribution in [0.5, 0.6) is 0 Å². The van der Waals surface area contributed by atoms with Crippen molar-refractivity contribution in [2.24, 2.45) is 5.41 Å². The van der Waals surface area contributed by atoms with Crippen molar-refractivity contribution in [2.45, 2.75) is 64.5 Å². The number of nitrogens with zero attached hydrogens (tertiary/aromatic N) is 1. The van der Waals surface area contributed by atoms with Crippen LogP contribution < -0.4 is 5.32 Å². The first kappa shape index (κ1) is 14.2. The average Bonchev–Trinajstić information content (AvgIpc) is 2.76. The fourth-order valence-corrected chi connectivity index (χ4v) is 3.35. The molecule has 2 rings (SSSR count). The van der Waals surface area contributed by atoms with E-state index in [-0.39, 0.29) is 17.5 Å². The van der Waals surface area contributed by atoms with Crippen LogP contribution in [-0.4, -0.2) is 40.6 Å². The number of carbonyl (C=O) groups is 2. The fourth-order valence-electron chi connectivity index (χ4n) is 3.35. The van der Waals surface area contributed by atoms with Crippen molar-refractivity contribution in [3.8, 4) is 0 Å². The summed E-state index contributed by atoms with van der Waals surface area (Å²) in [4.78, 5) is 24.8. The van der Waals surface area contributed by atoms with E-state index < -0.39 is 12.0 Å². The van der Waals surface area contributed by atoms with Gasteiger partial charge < -0.3 is 15.3 Å². The van der Waals surface area contributed by atoms with Gasteiger partial charge in [-0.1, -0.05) is 20.3 Å². The Hall–Kier alpha value is -1.26. The van der Waals surface area contributed by atoms with Crippen LogP contribution in [0.1, 0.15) is 52.4 Å². The molecule has 1 heterocycles. The first-order chi connectivity index (χ1) is 8.89. The molecule has 5 nitrogen and oxygen atoms in total. The quantitative estimate of drug-likeness (QED) is 0.806. The van der Waals surface area contributed by atoms with Gasteiger partial charge in [-0.25, -0.2) is 9.59 Å². The molecule has 0 aromatic rings. The van der Waals surface area contributed by atoms with Crippen LogP contribution in [0, 0.1) is 5.41 Å². The Bertz CT molecular complexity index is 368. The van der Waals surface area contributed by atoms with Crippen molar-refractivity contribution >= 4 is 12.0 Å². The monoisotopic (exact) mass is 268 g/mol. The van der Waals surface area contributed by atoms with Gasteiger partial charge in [-0.05, 0) is 37.5 Å². The molecule has 2 aliphatic rings. The Labute approximate surface area is 114 Å². The maximum absolute atomic E-state index is 12.2. The third kappa shape index (κ3) is 3.39. The Morgan fingerprint density at radius 3 is 2.63 bits per heavy atom. The Morgan fingerprint density at radius 2 is 2.00 bits per heavy atom. The van der Waals surface area contributed by atoms with Gasteiger partial charge in [0.1, 0.15) is 6.04 Å². The lowest BCUT2D eigenvalue weighted by Gasteiger charge is -2.36. The van der Waals surface area contributed by atoms with Crippen LogP contribution >= 0.6 is 0 Å². The van der Waals surface area contributed by atoms with Gasteiger partial charge in [0.2, 0.25) is 0 Å². The summed E-state index contributed by atoms with van der Waals surface area (Å²) in [5, 5.41) is 12.1. The number of hydrogen-bond donors (Lipinski definition) is 2. The van der Waals surface area contributed by atoms with Crippen molar-refractivity contribution < 1.29 is 14.7 Å². The van der Waals surface area contributed by atoms with Gasteiger partial charge in [-0.2, -0.15) is 0 Å². The third-order valence-corrected chi connectivity index (χ3v) is 4.33. The highest BCUT2D eigenvalue weighted by molar-refractivity contribution is 5.83. The van der Waals surface area contributed by atoms with E-state index in [0.717, 1.165) is 25.7 Å². The molecule has 0 bridgehead atoms. The zero-order valence-electron chi connectivity index (χ0n) is 11.8. The number of likely N-dealkylation sites (tertiary alicyclic amines) is 1. The molecule has 2 fully saturated rings. The van der Waals surface area contributed by atoms with Crippen molar-refractivity contribution in [2.75, 3.05) is 6.54 Å². The van der Waals surface area contributed by atoms with Crippen molar-refractivity contribution in [1.82, 2.24) is 10.2 Å². The molecule has 1 aliphatic heterocycles. The SMILES string of the molecule is CC1(C)CCCC(NC(=O)N2CCCC2C(=O)O)C1. The Balaban J connectivity index is 1.92. The summed E-state index contributed by atoms with van der Waals surface area (Å²) in [5.74, 6) is -0.892. The summed E-state index contributed by atoms with van der Waals surface area (Å²) in [6.45, 7) is 5.00. The summed E-state index contributed by atoms with van der Waals surface area (Å²) in [5.41, 5.74) is 0.271. The van der Waals surface area contributed by atoms with E-state index in [1.165, 1.54) is 11.3 Å². The van der Waals surface area contributed by atoms with Crippen molar-refractivity contribution in [3.63, 3.8) is 0 Å². The van der Waals surface area contributed by atoms with Crippen molar-refractivity contribution in [3.05, 3.63) is 0 Å². The number of carboxylic acids is 1. The predicted octanol–water partition coefficient (Wildman–Crippen LogP) is 2.21. The highest BCUT2D eigenvalue weighted by atomic mass is 16.4. The second-order valence-electron chi connectivity index (χ2n) is 6.60. The largest absolute Gasteiger partial charge is 0.480 e. The second kappa shape index (κ2) is 5.39. The minimum atomic E-state index is -0.892. The lowest BCUT2D eigenvalue weighted by molar-refractivity contribution is -0.141. The van der Waals surface area contributed by atoms with Crippen LogP contribution in [0.2, 0.25) is 0 Å². The standard InChI is InChI=1S/C14H24N2O3/c1-14(2)7-3-5-10(9-14)15-13(19)16-8-4-6-11(16)12(17)18/h10-11H,3-9H2,1-2H3,(H,15,19)(H,17,18). The fraction of sp³-hybridized carbons (Fsp3) is 0.857. The summed E-state index contributed by atoms with van der Waals surface area (Å²) in [6, 6.07) is -0.657. The van der Waals surface area contributed by atoms with Gasteiger partial charge in [0, 0.05) is 12.6 Å². The van der Waals surface area contributed by atoms with E-state index in [2.05, 4.69) is 19.2 Å². The number of amides is 2. The van der Waals surface area contributed by atoms with E-state index >= 15 is 0 Å². The number of aliphatic carboxylic acids is 1. The van der Waals surface area contributed by atoms with Gasteiger partial charge in [0.15, 0.2) is 0 Å². The molecule has 2 unspecified atom stereocenters. The van der Waals surface area contributed by atoms with Gasteiger partial charge in [0.25, 0.3) is 0 Å². The smallest absolute Gasteiger partial charge is 0.326 e. The number of hydrogen-bond acceptors (Lipinski definition) is 2. The number of nitrogens with one attached hydrogen (secondary N) is 1. The highest BCUT2D eigenvalue weighted by Gasteiger charge is 2.36. The molecule has 2 amide bonds. The minimum Gasteiger partial charge on any atom is -0.480 e. The molecule has 1 aliphatic carbocycles. The van der Waals surface area contributed by atoms with Gasteiger partial charge >= 0.3 is 12.0 Å². The molecule has 1 saturated heterocycles. The molecule has 5 heteroatoms. The molecule has 2 N–H and O–H groups in total. The first-order valence-electron chi connectivity index (χ1n) is 7.19. The summed E-state index contributed by atoms with van der Waals surface area (Å²) in [7, 11) is 0. The maximum atomic E-state index is 12.2. The molecule has 0 radical (unpaired) electrons. The van der Waals surface area contributed by atoms with E-state index in [9.17, 15) is 9.59 Å².